The molecule has 1 aromatic rings. The molecular formula is C13H24N2O3Si. The Morgan fingerprint density at radius 1 is 1.32 bits per heavy atom. The second kappa shape index (κ2) is 5.46. The van der Waals surface area contributed by atoms with Crippen LogP contribution in [0.4, 0.5) is 0 Å². The number of hydrogen-bond donors (Lipinski definition) is 1. The predicted molar refractivity (Wildman–Crippen MR) is 79.2 cm³/mol. The van der Waals surface area contributed by atoms with Gasteiger partial charge in [-0.15, -0.1) is 0 Å². The van der Waals surface area contributed by atoms with Crippen molar-refractivity contribution in [3.63, 3.8) is 0 Å². The van der Waals surface area contributed by atoms with Crippen LogP contribution in [-0.4, -0.2) is 24.5 Å². The summed E-state index contributed by atoms with van der Waals surface area (Å²) in [5.74, 6) is 0. The van der Waals surface area contributed by atoms with E-state index >= 15 is 0 Å². The lowest BCUT2D eigenvalue weighted by Crippen LogP contribution is -2.42. The Morgan fingerprint density at radius 2 is 1.89 bits per heavy atom. The van der Waals surface area contributed by atoms with Crippen molar-refractivity contribution in [1.29, 1.82) is 0 Å². The molecule has 0 atom stereocenters. The monoisotopic (exact) mass is 284 g/mol. The van der Waals surface area contributed by atoms with Crippen LogP contribution in [0.2, 0.25) is 18.1 Å². The van der Waals surface area contributed by atoms with Crippen molar-refractivity contribution in [1.82, 2.24) is 9.55 Å². The van der Waals surface area contributed by atoms with E-state index in [0.29, 0.717) is 18.7 Å². The molecule has 0 unspecified atom stereocenters. The molecule has 0 spiro atoms. The third kappa shape index (κ3) is 3.91. The summed E-state index contributed by atoms with van der Waals surface area (Å²) in [6.07, 6.45) is 1.58. The third-order valence-electron chi connectivity index (χ3n) is 3.79. The summed E-state index contributed by atoms with van der Waals surface area (Å²) in [7, 11) is -1.79. The Balaban J connectivity index is 2.72. The number of nitrogens with one attached hydrogen (secondary N) is 1. The number of H-pyrrole nitrogens is 1. The lowest BCUT2D eigenvalue weighted by molar-refractivity contribution is 0.269. The quantitative estimate of drug-likeness (QED) is 0.858. The zero-order chi connectivity index (χ0) is 14.8. The van der Waals surface area contributed by atoms with Crippen LogP contribution in [0.1, 0.15) is 26.3 Å². The normalized spacial score (nSPS) is 12.7. The molecule has 0 aliphatic carbocycles. The van der Waals surface area contributed by atoms with Gasteiger partial charge in [0.1, 0.15) is 0 Å². The molecule has 1 aromatic heterocycles. The van der Waals surface area contributed by atoms with E-state index in [1.807, 2.05) is 0 Å². The number of hydrogen-bond acceptors (Lipinski definition) is 3. The van der Waals surface area contributed by atoms with E-state index in [2.05, 4.69) is 38.8 Å². The summed E-state index contributed by atoms with van der Waals surface area (Å²) in [4.78, 5) is 25.2. The van der Waals surface area contributed by atoms with Crippen molar-refractivity contribution in [2.45, 2.75) is 52.4 Å². The van der Waals surface area contributed by atoms with Gasteiger partial charge in [0.15, 0.2) is 8.32 Å². The Labute approximate surface area is 114 Å². The van der Waals surface area contributed by atoms with Gasteiger partial charge in [0.05, 0.1) is 6.61 Å². The van der Waals surface area contributed by atoms with E-state index in [1.54, 1.807) is 13.1 Å². The molecule has 1 N–H and O–H groups in total. The van der Waals surface area contributed by atoms with Gasteiger partial charge in [0, 0.05) is 18.3 Å². The van der Waals surface area contributed by atoms with Crippen molar-refractivity contribution in [2.75, 3.05) is 6.61 Å². The second-order valence-electron chi connectivity index (χ2n) is 6.37. The number of aromatic amines is 1. The Kier molecular flexibility index (Phi) is 4.57. The molecule has 0 saturated heterocycles. The van der Waals surface area contributed by atoms with Crippen molar-refractivity contribution >= 4 is 8.32 Å². The van der Waals surface area contributed by atoms with Crippen LogP contribution < -0.4 is 11.2 Å². The average molecular weight is 284 g/mol. The van der Waals surface area contributed by atoms with E-state index in [4.69, 9.17) is 4.43 Å². The molecule has 6 heteroatoms. The number of rotatable bonds is 4. The van der Waals surface area contributed by atoms with Crippen LogP contribution in [0, 0.1) is 6.92 Å². The minimum absolute atomic E-state index is 0.152. The number of aryl methyl sites for hydroxylation is 1. The Morgan fingerprint density at radius 3 is 2.42 bits per heavy atom. The molecular weight excluding hydrogens is 260 g/mol. The van der Waals surface area contributed by atoms with E-state index < -0.39 is 8.32 Å². The average Bonchev–Trinajstić information content (AvgIpc) is 2.23. The molecule has 1 heterocycles. The first-order valence-electron chi connectivity index (χ1n) is 6.49. The minimum Gasteiger partial charge on any atom is -0.415 e. The SMILES string of the molecule is Cc1cn(CCO[Si](C)(C)C(C)(C)C)c(=O)[nH]c1=O. The molecule has 1 rings (SSSR count). The molecule has 0 aromatic carbocycles. The van der Waals surface area contributed by atoms with Gasteiger partial charge in [-0.25, -0.2) is 4.79 Å². The van der Waals surface area contributed by atoms with E-state index in [0.717, 1.165) is 0 Å². The van der Waals surface area contributed by atoms with Crippen molar-refractivity contribution in [2.24, 2.45) is 0 Å². The fourth-order valence-electron chi connectivity index (χ4n) is 1.40. The molecule has 0 fully saturated rings. The molecule has 0 aliphatic heterocycles. The van der Waals surface area contributed by atoms with Gasteiger partial charge in [-0.2, -0.15) is 0 Å². The maximum atomic E-state index is 11.6. The van der Waals surface area contributed by atoms with Gasteiger partial charge in [0.25, 0.3) is 5.56 Å². The highest BCUT2D eigenvalue weighted by Crippen LogP contribution is 2.36. The smallest absolute Gasteiger partial charge is 0.328 e. The van der Waals surface area contributed by atoms with Gasteiger partial charge in [-0.3, -0.25) is 14.3 Å². The van der Waals surface area contributed by atoms with Crippen LogP contribution in [0.25, 0.3) is 0 Å². The van der Waals surface area contributed by atoms with Crippen molar-refractivity contribution in [3.05, 3.63) is 32.6 Å². The van der Waals surface area contributed by atoms with Crippen LogP contribution in [0.3, 0.4) is 0 Å². The summed E-state index contributed by atoms with van der Waals surface area (Å²) < 4.78 is 7.50. The van der Waals surface area contributed by atoms with Gasteiger partial charge in [-0.05, 0) is 25.1 Å². The Bertz CT molecular complexity index is 552. The van der Waals surface area contributed by atoms with E-state index in [1.165, 1.54) is 4.57 Å². The Hall–Kier alpha value is -1.14. The zero-order valence-electron chi connectivity index (χ0n) is 12.7. The second-order valence-corrected chi connectivity index (χ2v) is 11.2. The van der Waals surface area contributed by atoms with Gasteiger partial charge in [0.2, 0.25) is 0 Å². The molecule has 0 bridgehead atoms. The molecule has 0 saturated carbocycles. The summed E-state index contributed by atoms with van der Waals surface area (Å²) in [5, 5.41) is 0.152. The summed E-state index contributed by atoms with van der Waals surface area (Å²) in [5.41, 5.74) is -0.173. The van der Waals surface area contributed by atoms with E-state index in [-0.39, 0.29) is 16.3 Å². The highest BCUT2D eigenvalue weighted by Gasteiger charge is 2.36. The van der Waals surface area contributed by atoms with Crippen molar-refractivity contribution in [3.8, 4) is 0 Å². The maximum Gasteiger partial charge on any atom is 0.328 e. The van der Waals surface area contributed by atoms with Crippen LogP contribution in [0.15, 0.2) is 15.8 Å². The first-order valence-corrected chi connectivity index (χ1v) is 9.40. The van der Waals surface area contributed by atoms with Gasteiger partial charge >= 0.3 is 5.69 Å². The third-order valence-corrected chi connectivity index (χ3v) is 8.33. The lowest BCUT2D eigenvalue weighted by atomic mass is 10.2. The highest BCUT2D eigenvalue weighted by molar-refractivity contribution is 6.74. The number of nitrogens with zero attached hydrogens (tertiary/aromatic N) is 1. The molecule has 0 aliphatic rings. The van der Waals surface area contributed by atoms with E-state index in [9.17, 15) is 9.59 Å². The van der Waals surface area contributed by atoms with Crippen LogP contribution in [0.5, 0.6) is 0 Å². The number of aromatic nitrogens is 2. The molecule has 19 heavy (non-hydrogen) atoms. The first kappa shape index (κ1) is 15.9. The zero-order valence-corrected chi connectivity index (χ0v) is 13.7. The topological polar surface area (TPSA) is 64.1 Å². The molecule has 0 amide bonds. The summed E-state index contributed by atoms with van der Waals surface area (Å²) in [6.45, 7) is 13.5. The first-order chi connectivity index (χ1) is 8.54. The van der Waals surface area contributed by atoms with Crippen LogP contribution in [-0.2, 0) is 11.0 Å². The molecule has 108 valence electrons. The largest absolute Gasteiger partial charge is 0.415 e. The fraction of sp³-hybridized carbons (Fsp3) is 0.692. The maximum absolute atomic E-state index is 11.6. The summed E-state index contributed by atoms with van der Waals surface area (Å²) >= 11 is 0. The van der Waals surface area contributed by atoms with Gasteiger partial charge in [-0.1, -0.05) is 20.8 Å². The van der Waals surface area contributed by atoms with Crippen molar-refractivity contribution < 1.29 is 4.43 Å². The predicted octanol–water partition coefficient (Wildman–Crippen LogP) is 1.87. The fourth-order valence-corrected chi connectivity index (χ4v) is 2.43. The molecule has 5 nitrogen and oxygen atoms in total. The van der Waals surface area contributed by atoms with Crippen LogP contribution >= 0.6 is 0 Å². The minimum atomic E-state index is -1.79. The highest BCUT2D eigenvalue weighted by atomic mass is 28.4. The molecule has 0 radical (unpaired) electrons. The summed E-state index contributed by atoms with van der Waals surface area (Å²) in [6, 6.07) is 0. The standard InChI is InChI=1S/C13H24N2O3Si/c1-10-9-15(12(17)14-11(10)16)7-8-18-19(5,6)13(2,3)4/h9H,7-8H2,1-6H3,(H,14,16,17). The lowest BCUT2D eigenvalue weighted by Gasteiger charge is -2.36. The van der Waals surface area contributed by atoms with Gasteiger partial charge < -0.3 is 4.43 Å².